The normalized spacial score (nSPS) is 31.1. The van der Waals surface area contributed by atoms with Gasteiger partial charge in [0.2, 0.25) is 0 Å². The molecule has 0 aromatic rings. The van der Waals surface area contributed by atoms with Crippen molar-refractivity contribution in [3.8, 4) is 0 Å². The summed E-state index contributed by atoms with van der Waals surface area (Å²) < 4.78 is 0. The summed E-state index contributed by atoms with van der Waals surface area (Å²) in [5, 5.41) is 3.46. The topological polar surface area (TPSA) is 18.5 Å². The smallest absolute Gasteiger partial charge is 0.0121 e. The van der Waals surface area contributed by atoms with Gasteiger partial charge in [-0.3, -0.25) is 4.90 Å². The maximum atomic E-state index is 3.46. The van der Waals surface area contributed by atoms with Gasteiger partial charge in [-0.05, 0) is 38.8 Å². The van der Waals surface area contributed by atoms with Crippen molar-refractivity contribution in [1.82, 2.24) is 15.1 Å². The number of nitrogens with one attached hydrogen (secondary N) is 1. The Labute approximate surface area is 106 Å². The van der Waals surface area contributed by atoms with E-state index in [2.05, 4.69) is 15.1 Å². The second-order valence-electron chi connectivity index (χ2n) is 5.99. The number of piperazine rings is 1. The molecule has 0 bridgehead atoms. The van der Waals surface area contributed by atoms with Crippen molar-refractivity contribution >= 4 is 0 Å². The van der Waals surface area contributed by atoms with Gasteiger partial charge in [-0.2, -0.15) is 0 Å². The number of nitrogens with zero attached hydrogens (tertiary/aromatic N) is 2. The van der Waals surface area contributed by atoms with Gasteiger partial charge in [-0.1, -0.05) is 12.8 Å². The number of hydrogen-bond acceptors (Lipinski definition) is 3. The van der Waals surface area contributed by atoms with E-state index in [0.717, 1.165) is 12.1 Å². The first-order valence-corrected chi connectivity index (χ1v) is 7.62. The van der Waals surface area contributed by atoms with Gasteiger partial charge < -0.3 is 10.2 Å². The molecule has 0 radical (unpaired) electrons. The Morgan fingerprint density at radius 2 is 1.18 bits per heavy atom. The molecule has 17 heavy (non-hydrogen) atoms. The number of hydrogen-bond donors (Lipinski definition) is 1. The summed E-state index contributed by atoms with van der Waals surface area (Å²) >= 11 is 0. The summed E-state index contributed by atoms with van der Waals surface area (Å²) in [6.07, 6.45) is 8.72. The third kappa shape index (κ3) is 2.83. The summed E-state index contributed by atoms with van der Waals surface area (Å²) in [6, 6.07) is 1.83. The van der Waals surface area contributed by atoms with Crippen molar-refractivity contribution in [3.63, 3.8) is 0 Å². The highest BCUT2D eigenvalue weighted by atomic mass is 15.2. The van der Waals surface area contributed by atoms with E-state index in [4.69, 9.17) is 0 Å². The zero-order chi connectivity index (χ0) is 11.5. The average molecular weight is 237 g/mol. The van der Waals surface area contributed by atoms with E-state index in [0.29, 0.717) is 0 Å². The molecule has 3 heteroatoms. The molecule has 2 saturated heterocycles. The molecule has 1 saturated carbocycles. The molecule has 0 aromatic heterocycles. The molecule has 0 aromatic carbocycles. The Morgan fingerprint density at radius 3 is 1.82 bits per heavy atom. The third-order valence-corrected chi connectivity index (χ3v) is 5.01. The predicted molar refractivity (Wildman–Crippen MR) is 71.3 cm³/mol. The van der Waals surface area contributed by atoms with E-state index in [1.807, 2.05) is 0 Å². The number of likely N-dealkylation sites (tertiary alicyclic amines) is 1. The Balaban J connectivity index is 1.46. The monoisotopic (exact) mass is 237 g/mol. The lowest BCUT2D eigenvalue weighted by Gasteiger charge is -2.42. The van der Waals surface area contributed by atoms with Gasteiger partial charge in [0.25, 0.3) is 0 Å². The summed E-state index contributed by atoms with van der Waals surface area (Å²) in [4.78, 5) is 5.51. The van der Waals surface area contributed by atoms with Gasteiger partial charge in [-0.25, -0.2) is 0 Å². The van der Waals surface area contributed by atoms with Gasteiger partial charge in [0.15, 0.2) is 0 Å². The summed E-state index contributed by atoms with van der Waals surface area (Å²) in [5.74, 6) is 0. The molecule has 98 valence electrons. The molecule has 0 spiro atoms. The third-order valence-electron chi connectivity index (χ3n) is 5.01. The van der Waals surface area contributed by atoms with Crippen LogP contribution in [0.25, 0.3) is 0 Å². The van der Waals surface area contributed by atoms with E-state index in [-0.39, 0.29) is 0 Å². The highest BCUT2D eigenvalue weighted by Gasteiger charge is 2.29. The van der Waals surface area contributed by atoms with Gasteiger partial charge in [0, 0.05) is 38.3 Å². The zero-order valence-electron chi connectivity index (χ0n) is 11.0. The van der Waals surface area contributed by atoms with Crippen molar-refractivity contribution in [2.24, 2.45) is 0 Å². The van der Waals surface area contributed by atoms with E-state index in [1.54, 1.807) is 0 Å². The molecule has 0 unspecified atom stereocenters. The maximum Gasteiger partial charge on any atom is 0.0121 e. The Morgan fingerprint density at radius 1 is 0.647 bits per heavy atom. The van der Waals surface area contributed by atoms with Crippen LogP contribution in [0.4, 0.5) is 0 Å². The summed E-state index contributed by atoms with van der Waals surface area (Å²) in [7, 11) is 0. The first kappa shape index (κ1) is 11.9. The van der Waals surface area contributed by atoms with E-state index >= 15 is 0 Å². The highest BCUT2D eigenvalue weighted by Crippen LogP contribution is 2.27. The van der Waals surface area contributed by atoms with Crippen molar-refractivity contribution in [1.29, 1.82) is 0 Å². The fourth-order valence-electron chi connectivity index (χ4n) is 3.93. The largest absolute Gasteiger partial charge is 0.314 e. The molecular formula is C14H27N3. The fraction of sp³-hybridized carbons (Fsp3) is 1.00. The van der Waals surface area contributed by atoms with Crippen LogP contribution in [0.3, 0.4) is 0 Å². The van der Waals surface area contributed by atoms with Crippen LogP contribution < -0.4 is 5.32 Å². The molecule has 1 aliphatic carbocycles. The van der Waals surface area contributed by atoms with Crippen molar-refractivity contribution < 1.29 is 0 Å². The van der Waals surface area contributed by atoms with Crippen LogP contribution in [0.15, 0.2) is 0 Å². The highest BCUT2D eigenvalue weighted by molar-refractivity contribution is 4.86. The fourth-order valence-corrected chi connectivity index (χ4v) is 3.93. The SMILES string of the molecule is C1CCC(N2CCC(N3CCNCC3)CC2)C1. The van der Waals surface area contributed by atoms with Crippen LogP contribution in [0.1, 0.15) is 38.5 Å². The van der Waals surface area contributed by atoms with Gasteiger partial charge >= 0.3 is 0 Å². The second kappa shape index (κ2) is 5.68. The molecule has 3 nitrogen and oxygen atoms in total. The quantitative estimate of drug-likeness (QED) is 0.781. The molecule has 2 heterocycles. The molecule has 2 aliphatic heterocycles. The second-order valence-corrected chi connectivity index (χ2v) is 5.99. The predicted octanol–water partition coefficient (Wildman–Crippen LogP) is 1.30. The lowest BCUT2D eigenvalue weighted by Crippen LogP contribution is -2.53. The summed E-state index contributed by atoms with van der Waals surface area (Å²) in [6.45, 7) is 7.66. The van der Waals surface area contributed by atoms with Crippen molar-refractivity contribution in [2.45, 2.75) is 50.6 Å². The van der Waals surface area contributed by atoms with Crippen LogP contribution in [-0.4, -0.2) is 61.2 Å². The molecule has 0 amide bonds. The Bertz CT molecular complexity index is 224. The molecule has 3 rings (SSSR count). The zero-order valence-corrected chi connectivity index (χ0v) is 11.0. The number of piperidine rings is 1. The van der Waals surface area contributed by atoms with E-state index in [9.17, 15) is 0 Å². The van der Waals surface area contributed by atoms with Crippen LogP contribution in [0, 0.1) is 0 Å². The molecular weight excluding hydrogens is 210 g/mol. The van der Waals surface area contributed by atoms with Crippen LogP contribution in [0.2, 0.25) is 0 Å². The van der Waals surface area contributed by atoms with Crippen LogP contribution >= 0.6 is 0 Å². The van der Waals surface area contributed by atoms with E-state index in [1.165, 1.54) is 77.8 Å². The lowest BCUT2D eigenvalue weighted by molar-refractivity contribution is 0.0774. The summed E-state index contributed by atoms with van der Waals surface area (Å²) in [5.41, 5.74) is 0. The Hall–Kier alpha value is -0.120. The minimum absolute atomic E-state index is 0.884. The first-order chi connectivity index (χ1) is 8.43. The number of rotatable bonds is 2. The molecule has 1 N–H and O–H groups in total. The molecule has 3 aliphatic rings. The van der Waals surface area contributed by atoms with Gasteiger partial charge in [-0.15, -0.1) is 0 Å². The molecule has 3 fully saturated rings. The van der Waals surface area contributed by atoms with Crippen molar-refractivity contribution in [3.05, 3.63) is 0 Å². The van der Waals surface area contributed by atoms with E-state index < -0.39 is 0 Å². The average Bonchev–Trinajstić information content (AvgIpc) is 2.94. The van der Waals surface area contributed by atoms with Crippen LogP contribution in [-0.2, 0) is 0 Å². The molecule has 0 atom stereocenters. The van der Waals surface area contributed by atoms with Gasteiger partial charge in [0.1, 0.15) is 0 Å². The van der Waals surface area contributed by atoms with Gasteiger partial charge in [0.05, 0.1) is 0 Å². The minimum Gasteiger partial charge on any atom is -0.314 e. The maximum absolute atomic E-state index is 3.46. The standard InChI is InChI=1S/C14H27N3/c1-2-4-13(3-1)16-9-5-14(6-10-16)17-11-7-15-8-12-17/h13-15H,1-12H2. The Kier molecular flexibility index (Phi) is 3.99. The lowest BCUT2D eigenvalue weighted by atomic mass is 10.0. The van der Waals surface area contributed by atoms with Crippen molar-refractivity contribution in [2.75, 3.05) is 39.3 Å². The first-order valence-electron chi connectivity index (χ1n) is 7.62. The van der Waals surface area contributed by atoms with Crippen LogP contribution in [0.5, 0.6) is 0 Å². The minimum atomic E-state index is 0.884.